The predicted molar refractivity (Wildman–Crippen MR) is 63.0 cm³/mol. The molecule has 0 bridgehead atoms. The molecule has 7 heteroatoms. The number of aliphatic carboxylic acids is 1. The molecule has 1 heterocycles. The lowest BCUT2D eigenvalue weighted by Gasteiger charge is -2.32. The summed E-state index contributed by atoms with van der Waals surface area (Å²) in [5.41, 5.74) is 0. The number of alkyl halides is 2. The Morgan fingerprint density at radius 3 is 2.79 bits per heavy atom. The summed E-state index contributed by atoms with van der Waals surface area (Å²) < 4.78 is 28.3. The zero-order chi connectivity index (χ0) is 14.3. The lowest BCUT2D eigenvalue weighted by Crippen LogP contribution is -2.40. The van der Waals surface area contributed by atoms with Gasteiger partial charge < -0.3 is 14.7 Å². The van der Waals surface area contributed by atoms with Gasteiger partial charge in [-0.1, -0.05) is 0 Å². The lowest BCUT2D eigenvalue weighted by molar-refractivity contribution is -0.141. The van der Waals surface area contributed by atoms with Gasteiger partial charge in [0.2, 0.25) is 5.91 Å². The molecule has 19 heavy (non-hydrogen) atoms. The smallest absolute Gasteiger partial charge is 0.303 e. The lowest BCUT2D eigenvalue weighted by atomic mass is 9.95. The monoisotopic (exact) mass is 279 g/mol. The third kappa shape index (κ3) is 6.47. The molecule has 0 aliphatic carbocycles. The van der Waals surface area contributed by atoms with Crippen molar-refractivity contribution in [2.75, 3.05) is 26.3 Å². The van der Waals surface area contributed by atoms with Gasteiger partial charge in [-0.25, -0.2) is 8.78 Å². The van der Waals surface area contributed by atoms with Gasteiger partial charge in [0.25, 0.3) is 6.43 Å². The minimum atomic E-state index is -2.52. The molecule has 0 spiro atoms. The average Bonchev–Trinajstić information content (AvgIpc) is 2.33. The van der Waals surface area contributed by atoms with Crippen molar-refractivity contribution in [3.05, 3.63) is 0 Å². The number of piperidine rings is 1. The first-order valence-electron chi connectivity index (χ1n) is 6.34. The Balaban J connectivity index is 2.25. The number of carboxylic acid groups (broad SMARTS) is 1. The fourth-order valence-electron chi connectivity index (χ4n) is 2.20. The fourth-order valence-corrected chi connectivity index (χ4v) is 2.20. The zero-order valence-electron chi connectivity index (χ0n) is 10.7. The normalized spacial score (nSPS) is 19.7. The number of nitrogens with zero attached hydrogens (tertiary/aromatic N) is 1. The second-order valence-electron chi connectivity index (χ2n) is 4.66. The maximum absolute atomic E-state index is 11.8. The van der Waals surface area contributed by atoms with E-state index < -0.39 is 19.0 Å². The van der Waals surface area contributed by atoms with Gasteiger partial charge in [-0.2, -0.15) is 0 Å². The fraction of sp³-hybridized carbons (Fsp3) is 0.833. The number of likely N-dealkylation sites (tertiary alicyclic amines) is 1. The van der Waals surface area contributed by atoms with E-state index in [0.29, 0.717) is 13.1 Å². The summed E-state index contributed by atoms with van der Waals surface area (Å²) in [6.07, 6.45) is -0.817. The van der Waals surface area contributed by atoms with Crippen LogP contribution in [0.3, 0.4) is 0 Å². The van der Waals surface area contributed by atoms with Crippen LogP contribution in [0, 0.1) is 5.92 Å². The van der Waals surface area contributed by atoms with Crippen molar-refractivity contribution in [1.82, 2.24) is 4.90 Å². The molecule has 1 aliphatic rings. The Kier molecular flexibility index (Phi) is 6.69. The molecule has 0 aromatic carbocycles. The Hall–Kier alpha value is -1.24. The SMILES string of the molecule is O=C(O)CC1CCCN(C(=O)CCOCC(F)F)C1. The predicted octanol–water partition coefficient (Wildman–Crippen LogP) is 1.37. The van der Waals surface area contributed by atoms with Crippen molar-refractivity contribution in [3.63, 3.8) is 0 Å². The van der Waals surface area contributed by atoms with Crippen LogP contribution >= 0.6 is 0 Å². The molecule has 0 saturated carbocycles. The van der Waals surface area contributed by atoms with Crippen LogP contribution < -0.4 is 0 Å². The largest absolute Gasteiger partial charge is 0.481 e. The number of hydrogen-bond acceptors (Lipinski definition) is 3. The van der Waals surface area contributed by atoms with Gasteiger partial charge in [-0.3, -0.25) is 9.59 Å². The summed E-state index contributed by atoms with van der Waals surface area (Å²) in [5, 5.41) is 8.72. The summed E-state index contributed by atoms with van der Waals surface area (Å²) >= 11 is 0. The van der Waals surface area contributed by atoms with E-state index in [1.165, 1.54) is 0 Å². The first-order valence-corrected chi connectivity index (χ1v) is 6.34. The molecule has 1 atom stereocenters. The van der Waals surface area contributed by atoms with Gasteiger partial charge in [0.05, 0.1) is 13.0 Å². The first-order chi connectivity index (χ1) is 8.99. The van der Waals surface area contributed by atoms with Crippen LogP contribution in [0.4, 0.5) is 8.78 Å². The highest BCUT2D eigenvalue weighted by molar-refractivity contribution is 5.76. The molecule has 5 nitrogen and oxygen atoms in total. The van der Waals surface area contributed by atoms with Crippen molar-refractivity contribution in [3.8, 4) is 0 Å². The molecule has 1 N–H and O–H groups in total. The van der Waals surface area contributed by atoms with Gasteiger partial charge >= 0.3 is 5.97 Å². The van der Waals surface area contributed by atoms with E-state index in [1.807, 2.05) is 0 Å². The number of amides is 1. The molecule has 110 valence electrons. The maximum Gasteiger partial charge on any atom is 0.303 e. The van der Waals surface area contributed by atoms with Crippen LogP contribution in [0.5, 0.6) is 0 Å². The van der Waals surface area contributed by atoms with Gasteiger partial charge in [0, 0.05) is 19.5 Å². The minimum Gasteiger partial charge on any atom is -0.481 e. The molecule has 1 aliphatic heterocycles. The van der Waals surface area contributed by atoms with E-state index in [1.54, 1.807) is 4.90 Å². The highest BCUT2D eigenvalue weighted by Crippen LogP contribution is 2.20. The summed E-state index contributed by atoms with van der Waals surface area (Å²) in [7, 11) is 0. The standard InChI is InChI=1S/C12H19F2NO4/c13-10(14)8-19-5-3-11(16)15-4-1-2-9(7-15)6-12(17)18/h9-10H,1-8H2,(H,17,18). The average molecular weight is 279 g/mol. The summed E-state index contributed by atoms with van der Waals surface area (Å²) in [6.45, 7) is 0.349. The van der Waals surface area contributed by atoms with Crippen molar-refractivity contribution in [1.29, 1.82) is 0 Å². The highest BCUT2D eigenvalue weighted by Gasteiger charge is 2.24. The Bertz CT molecular complexity index is 312. The molecular formula is C12H19F2NO4. The first kappa shape index (κ1) is 15.8. The number of halogens is 2. The Morgan fingerprint density at radius 2 is 2.16 bits per heavy atom. The number of carbonyl (C=O) groups is 2. The maximum atomic E-state index is 11.8. The minimum absolute atomic E-state index is 0.0165. The zero-order valence-corrected chi connectivity index (χ0v) is 10.7. The van der Waals surface area contributed by atoms with E-state index >= 15 is 0 Å². The quantitative estimate of drug-likeness (QED) is 0.715. The second kappa shape index (κ2) is 8.04. The van der Waals surface area contributed by atoms with Crippen LogP contribution in [0.1, 0.15) is 25.7 Å². The highest BCUT2D eigenvalue weighted by atomic mass is 19.3. The summed E-state index contributed by atoms with van der Waals surface area (Å²) in [6, 6.07) is 0. The van der Waals surface area contributed by atoms with Crippen molar-refractivity contribution >= 4 is 11.9 Å². The third-order valence-corrected chi connectivity index (χ3v) is 3.04. The molecule has 0 radical (unpaired) electrons. The van der Waals surface area contributed by atoms with Crippen molar-refractivity contribution < 1.29 is 28.2 Å². The molecule has 1 saturated heterocycles. The summed E-state index contributed by atoms with van der Waals surface area (Å²) in [4.78, 5) is 24.0. The van der Waals surface area contributed by atoms with E-state index in [4.69, 9.17) is 5.11 Å². The molecule has 1 fully saturated rings. The summed E-state index contributed by atoms with van der Waals surface area (Å²) in [5.74, 6) is -1.04. The number of carbonyl (C=O) groups excluding carboxylic acids is 1. The molecule has 0 aromatic rings. The van der Waals surface area contributed by atoms with Gasteiger partial charge in [-0.15, -0.1) is 0 Å². The van der Waals surface area contributed by atoms with E-state index in [0.717, 1.165) is 12.8 Å². The van der Waals surface area contributed by atoms with E-state index in [2.05, 4.69) is 4.74 Å². The topological polar surface area (TPSA) is 66.8 Å². The van der Waals surface area contributed by atoms with Gasteiger partial charge in [0.15, 0.2) is 0 Å². The van der Waals surface area contributed by atoms with Crippen LogP contribution in [0.2, 0.25) is 0 Å². The molecule has 1 amide bonds. The van der Waals surface area contributed by atoms with Crippen LogP contribution in [0.15, 0.2) is 0 Å². The van der Waals surface area contributed by atoms with Gasteiger partial charge in [0.1, 0.15) is 6.61 Å². The molecule has 1 rings (SSSR count). The molecule has 1 unspecified atom stereocenters. The molecule has 0 aromatic heterocycles. The van der Waals surface area contributed by atoms with Crippen molar-refractivity contribution in [2.45, 2.75) is 32.1 Å². The number of carboxylic acids is 1. The number of ether oxygens (including phenoxy) is 1. The van der Waals surface area contributed by atoms with Crippen LogP contribution in [0.25, 0.3) is 0 Å². The third-order valence-electron chi connectivity index (χ3n) is 3.04. The van der Waals surface area contributed by atoms with Crippen LogP contribution in [-0.2, 0) is 14.3 Å². The Labute approximate surface area is 110 Å². The van der Waals surface area contributed by atoms with Crippen LogP contribution in [-0.4, -0.2) is 54.6 Å². The number of hydrogen-bond donors (Lipinski definition) is 1. The number of rotatable bonds is 7. The second-order valence-corrected chi connectivity index (χ2v) is 4.66. The van der Waals surface area contributed by atoms with E-state index in [9.17, 15) is 18.4 Å². The van der Waals surface area contributed by atoms with E-state index in [-0.39, 0.29) is 31.3 Å². The Morgan fingerprint density at radius 1 is 1.42 bits per heavy atom. The van der Waals surface area contributed by atoms with Gasteiger partial charge in [-0.05, 0) is 18.8 Å². The van der Waals surface area contributed by atoms with Crippen molar-refractivity contribution in [2.24, 2.45) is 5.92 Å². The molecular weight excluding hydrogens is 260 g/mol.